The van der Waals surface area contributed by atoms with Gasteiger partial charge < -0.3 is 15.3 Å². The highest BCUT2D eigenvalue weighted by molar-refractivity contribution is 7.08. The van der Waals surface area contributed by atoms with Crippen LogP contribution in [0.1, 0.15) is 21.3 Å². The molecule has 1 aliphatic rings. The van der Waals surface area contributed by atoms with Crippen LogP contribution in [0, 0.1) is 0 Å². The Hall–Kier alpha value is -2.68. The van der Waals surface area contributed by atoms with E-state index >= 15 is 0 Å². The molecular formula is C14H14N4O4S. The van der Waals surface area contributed by atoms with Crippen molar-refractivity contribution in [2.24, 2.45) is 0 Å². The number of benzene rings is 1. The van der Waals surface area contributed by atoms with Gasteiger partial charge in [-0.05, 0) is 24.3 Å². The molecule has 1 aliphatic heterocycles. The number of H-pyrrole nitrogens is 1. The third-order valence-electron chi connectivity index (χ3n) is 3.72. The summed E-state index contributed by atoms with van der Waals surface area (Å²) in [6.07, 6.45) is 0.717. The second kappa shape index (κ2) is 6.21. The number of phenols is 1. The largest absolute Gasteiger partial charge is 0.508 e. The molecule has 1 aromatic carbocycles. The zero-order valence-corrected chi connectivity index (χ0v) is 12.7. The van der Waals surface area contributed by atoms with Crippen LogP contribution in [0.3, 0.4) is 0 Å². The van der Waals surface area contributed by atoms with E-state index in [1.165, 1.54) is 29.2 Å². The Morgan fingerprint density at radius 1 is 1.39 bits per heavy atom. The van der Waals surface area contributed by atoms with Crippen molar-refractivity contribution in [2.75, 3.05) is 13.1 Å². The molecule has 0 bridgehead atoms. The number of aromatic hydroxyl groups is 1. The summed E-state index contributed by atoms with van der Waals surface area (Å²) in [4.78, 5) is 35.9. The van der Waals surface area contributed by atoms with Gasteiger partial charge in [-0.2, -0.15) is 5.10 Å². The number of likely N-dealkylation sites (tertiary alicyclic amines) is 1. The van der Waals surface area contributed by atoms with Crippen molar-refractivity contribution >= 4 is 23.7 Å². The van der Waals surface area contributed by atoms with E-state index in [0.717, 1.165) is 17.7 Å². The van der Waals surface area contributed by atoms with Crippen molar-refractivity contribution in [2.45, 2.75) is 12.0 Å². The highest BCUT2D eigenvalue weighted by Gasteiger charge is 2.36. The quantitative estimate of drug-likeness (QED) is 0.675. The van der Waals surface area contributed by atoms with E-state index in [4.69, 9.17) is 0 Å². The zero-order valence-electron chi connectivity index (χ0n) is 11.9. The predicted molar refractivity (Wildman–Crippen MR) is 82.5 cm³/mol. The Morgan fingerprint density at radius 2 is 2.13 bits per heavy atom. The number of nitrogens with one attached hydrogen (secondary N) is 2. The lowest BCUT2D eigenvalue weighted by molar-refractivity contribution is -0.117. The molecule has 8 nitrogen and oxygen atoms in total. The monoisotopic (exact) mass is 334 g/mol. The van der Waals surface area contributed by atoms with Crippen molar-refractivity contribution in [3.8, 4) is 5.75 Å². The van der Waals surface area contributed by atoms with Crippen molar-refractivity contribution < 1.29 is 14.7 Å². The van der Waals surface area contributed by atoms with Crippen molar-refractivity contribution in [3.63, 3.8) is 0 Å². The summed E-state index contributed by atoms with van der Waals surface area (Å²) in [7, 11) is 0. The second-order valence-corrected chi connectivity index (χ2v) is 6.24. The average molecular weight is 334 g/mol. The van der Waals surface area contributed by atoms with Crippen LogP contribution in [0.25, 0.3) is 0 Å². The smallest absolute Gasteiger partial charge is 0.322 e. The number of amides is 2. The van der Waals surface area contributed by atoms with Crippen LogP contribution in [0.2, 0.25) is 0 Å². The molecule has 1 saturated heterocycles. The van der Waals surface area contributed by atoms with E-state index < -0.39 is 0 Å². The van der Waals surface area contributed by atoms with Gasteiger partial charge in [0.15, 0.2) is 0 Å². The molecule has 2 atom stereocenters. The molecule has 0 spiro atoms. The number of rotatable bonds is 4. The molecule has 0 aliphatic carbocycles. The van der Waals surface area contributed by atoms with Gasteiger partial charge in [-0.3, -0.25) is 14.4 Å². The first-order valence-electron chi connectivity index (χ1n) is 6.91. The first-order valence-corrected chi connectivity index (χ1v) is 7.73. The van der Waals surface area contributed by atoms with Gasteiger partial charge in [0, 0.05) is 18.7 Å². The third-order valence-corrected chi connectivity index (χ3v) is 4.59. The van der Waals surface area contributed by atoms with Crippen LogP contribution < -0.4 is 10.2 Å². The highest BCUT2D eigenvalue weighted by Crippen LogP contribution is 2.27. The average Bonchev–Trinajstić information content (AvgIpc) is 3.14. The van der Waals surface area contributed by atoms with E-state index in [1.54, 1.807) is 0 Å². The normalized spacial score (nSPS) is 20.4. The van der Waals surface area contributed by atoms with Crippen LogP contribution in [-0.4, -0.2) is 51.7 Å². The first-order chi connectivity index (χ1) is 11.1. The minimum atomic E-state index is -0.333. The molecule has 120 valence electrons. The van der Waals surface area contributed by atoms with E-state index in [9.17, 15) is 19.5 Å². The fourth-order valence-electron chi connectivity index (χ4n) is 2.58. The standard InChI is InChI=1S/C14H14N4O4S/c19-7-18-5-10(13-16-17-14(22)23-13)11(6-18)15-12(21)8-1-3-9(20)4-2-8/h1-4,7,10-11,20H,5-6H2,(H,15,21)(H,17,22)/t10-,11+/m0/s1. The Bertz CT molecular complexity index is 770. The number of carbonyl (C=O) groups is 2. The van der Waals surface area contributed by atoms with Gasteiger partial charge >= 0.3 is 4.87 Å². The van der Waals surface area contributed by atoms with Gasteiger partial charge in [-0.15, -0.1) is 0 Å². The molecular weight excluding hydrogens is 320 g/mol. The molecule has 1 aromatic heterocycles. The van der Waals surface area contributed by atoms with Crippen LogP contribution in [-0.2, 0) is 4.79 Å². The molecule has 0 unspecified atom stereocenters. The van der Waals surface area contributed by atoms with Crippen molar-refractivity contribution in [1.82, 2.24) is 20.4 Å². The topological polar surface area (TPSA) is 115 Å². The molecule has 3 rings (SSSR count). The van der Waals surface area contributed by atoms with Crippen LogP contribution in [0.15, 0.2) is 29.1 Å². The third kappa shape index (κ3) is 3.24. The van der Waals surface area contributed by atoms with Gasteiger partial charge in [0.1, 0.15) is 10.8 Å². The molecule has 23 heavy (non-hydrogen) atoms. The Morgan fingerprint density at radius 3 is 2.74 bits per heavy atom. The highest BCUT2D eigenvalue weighted by atomic mass is 32.1. The predicted octanol–water partition coefficient (Wildman–Crippen LogP) is -0.109. The number of nitrogens with zero attached hydrogens (tertiary/aromatic N) is 2. The number of aromatic nitrogens is 2. The summed E-state index contributed by atoms with van der Waals surface area (Å²) < 4.78 is 0. The van der Waals surface area contributed by atoms with Crippen LogP contribution >= 0.6 is 11.3 Å². The summed E-state index contributed by atoms with van der Waals surface area (Å²) in [6.45, 7) is 0.747. The van der Waals surface area contributed by atoms with E-state index in [1.807, 2.05) is 0 Å². The Kier molecular flexibility index (Phi) is 4.11. The molecule has 3 N–H and O–H groups in total. The maximum Gasteiger partial charge on any atom is 0.322 e. The molecule has 0 saturated carbocycles. The fourth-order valence-corrected chi connectivity index (χ4v) is 3.34. The van der Waals surface area contributed by atoms with Gasteiger partial charge in [0.05, 0.1) is 12.0 Å². The summed E-state index contributed by atoms with van der Waals surface area (Å²) in [5, 5.41) is 19.0. The molecule has 2 amide bonds. The van der Waals surface area contributed by atoms with Crippen LogP contribution in [0.4, 0.5) is 0 Å². The van der Waals surface area contributed by atoms with E-state index in [2.05, 4.69) is 15.5 Å². The summed E-state index contributed by atoms with van der Waals surface area (Å²) >= 11 is 0.977. The van der Waals surface area contributed by atoms with E-state index in [0.29, 0.717) is 23.7 Å². The molecule has 0 radical (unpaired) electrons. The lowest BCUT2D eigenvalue weighted by atomic mass is 10.0. The maximum absolute atomic E-state index is 12.3. The van der Waals surface area contributed by atoms with Gasteiger partial charge in [-0.1, -0.05) is 11.3 Å². The number of hydrogen-bond acceptors (Lipinski definition) is 6. The summed E-state index contributed by atoms with van der Waals surface area (Å²) in [6, 6.07) is 5.55. The lowest BCUT2D eigenvalue weighted by Crippen LogP contribution is -2.39. The number of phenolic OH excluding ortho intramolecular Hbond substituents is 1. The molecule has 9 heteroatoms. The number of aromatic amines is 1. The van der Waals surface area contributed by atoms with Gasteiger partial charge in [0.25, 0.3) is 5.91 Å². The minimum absolute atomic E-state index is 0.0775. The molecule has 2 heterocycles. The fraction of sp³-hybridized carbons (Fsp3) is 0.286. The second-order valence-electron chi connectivity index (χ2n) is 5.24. The van der Waals surface area contributed by atoms with Crippen LogP contribution in [0.5, 0.6) is 5.75 Å². The first kappa shape index (κ1) is 15.2. The SMILES string of the molecule is O=CN1C[C@H](c2n[nH]c(=O)s2)[C@H](NC(=O)c2ccc(O)cc2)C1. The van der Waals surface area contributed by atoms with E-state index in [-0.39, 0.29) is 28.5 Å². The number of carbonyl (C=O) groups excluding carboxylic acids is 2. The Balaban J connectivity index is 1.78. The van der Waals surface area contributed by atoms with Crippen molar-refractivity contribution in [3.05, 3.63) is 44.5 Å². The number of hydrogen-bond donors (Lipinski definition) is 3. The molecule has 2 aromatic rings. The minimum Gasteiger partial charge on any atom is -0.508 e. The summed E-state index contributed by atoms with van der Waals surface area (Å²) in [5.41, 5.74) is 0.404. The lowest BCUT2D eigenvalue weighted by Gasteiger charge is -2.17. The Labute approximate surface area is 134 Å². The maximum atomic E-state index is 12.3. The van der Waals surface area contributed by atoms with Crippen molar-refractivity contribution in [1.29, 1.82) is 0 Å². The summed E-state index contributed by atoms with van der Waals surface area (Å²) in [5.74, 6) is -0.463. The zero-order chi connectivity index (χ0) is 16.4. The van der Waals surface area contributed by atoms with Gasteiger partial charge in [-0.25, -0.2) is 5.10 Å². The van der Waals surface area contributed by atoms with Gasteiger partial charge in [0.2, 0.25) is 6.41 Å². The molecule has 1 fully saturated rings.